The molecule has 0 radical (unpaired) electrons. The van der Waals surface area contributed by atoms with E-state index in [4.69, 9.17) is 5.73 Å². The van der Waals surface area contributed by atoms with Crippen molar-refractivity contribution in [1.29, 1.82) is 0 Å². The second kappa shape index (κ2) is 7.78. The molecule has 6 nitrogen and oxygen atoms in total. The molecule has 0 aromatic carbocycles. The third-order valence-electron chi connectivity index (χ3n) is 7.39. The molecular formula is C22H25F7N6. The molecule has 1 aromatic heterocycles. The van der Waals surface area contributed by atoms with E-state index in [1.165, 1.54) is 12.1 Å². The molecule has 3 aliphatic carbocycles. The number of pyridine rings is 1. The Morgan fingerprint density at radius 3 is 2.26 bits per heavy atom. The van der Waals surface area contributed by atoms with Crippen LogP contribution < -0.4 is 16.4 Å². The highest BCUT2D eigenvalue weighted by molar-refractivity contribution is 6.09. The monoisotopic (exact) mass is 506 g/mol. The minimum Gasteiger partial charge on any atom is -0.319 e. The zero-order valence-corrected chi connectivity index (χ0v) is 18.6. The Kier molecular flexibility index (Phi) is 5.39. The van der Waals surface area contributed by atoms with Gasteiger partial charge >= 0.3 is 6.18 Å². The highest BCUT2D eigenvalue weighted by Crippen LogP contribution is 2.63. The van der Waals surface area contributed by atoms with Gasteiger partial charge < -0.3 is 10.6 Å². The van der Waals surface area contributed by atoms with Gasteiger partial charge in [0.25, 0.3) is 0 Å². The molecule has 1 aliphatic heterocycles. The zero-order valence-electron chi connectivity index (χ0n) is 18.6. The Morgan fingerprint density at radius 2 is 1.66 bits per heavy atom. The third-order valence-corrected chi connectivity index (χ3v) is 7.39. The van der Waals surface area contributed by atoms with Crippen molar-refractivity contribution < 1.29 is 30.7 Å². The van der Waals surface area contributed by atoms with E-state index >= 15 is 0 Å². The molecule has 1 atom stereocenters. The van der Waals surface area contributed by atoms with Crippen LogP contribution in [0.3, 0.4) is 0 Å². The summed E-state index contributed by atoms with van der Waals surface area (Å²) in [6.07, 6.45) is -4.79. The highest BCUT2D eigenvalue weighted by atomic mass is 19.4. The summed E-state index contributed by atoms with van der Waals surface area (Å²) in [7, 11) is 0. The number of hydrogen-bond donors (Lipinski definition) is 3. The number of aromatic nitrogens is 1. The van der Waals surface area contributed by atoms with Crippen LogP contribution in [0.15, 0.2) is 28.2 Å². The van der Waals surface area contributed by atoms with Gasteiger partial charge in [-0.25, -0.2) is 32.5 Å². The Bertz CT molecular complexity index is 1040. The van der Waals surface area contributed by atoms with Gasteiger partial charge in [0.2, 0.25) is 11.8 Å². The number of amidine groups is 1. The molecule has 13 heteroatoms. The molecule has 0 saturated heterocycles. The summed E-state index contributed by atoms with van der Waals surface area (Å²) < 4.78 is 93.7. The van der Waals surface area contributed by atoms with Crippen molar-refractivity contribution in [3.63, 3.8) is 0 Å². The van der Waals surface area contributed by atoms with Crippen LogP contribution in [0.4, 0.5) is 30.7 Å². The van der Waals surface area contributed by atoms with E-state index in [2.05, 4.69) is 25.6 Å². The summed E-state index contributed by atoms with van der Waals surface area (Å²) >= 11 is 0. The average Bonchev–Trinajstić information content (AvgIpc) is 2.70. The predicted octanol–water partition coefficient (Wildman–Crippen LogP) is 4.41. The van der Waals surface area contributed by atoms with Crippen LogP contribution in [0.25, 0.3) is 0 Å². The maximum Gasteiger partial charge on any atom is 0.433 e. The van der Waals surface area contributed by atoms with Gasteiger partial charge in [-0.3, -0.25) is 5.73 Å². The van der Waals surface area contributed by atoms with Crippen molar-refractivity contribution in [3.05, 3.63) is 29.6 Å². The summed E-state index contributed by atoms with van der Waals surface area (Å²) in [5, 5.41) is 5.76. The number of aliphatic imine (C=N–C) groups is 2. The molecular weight excluding hydrogens is 481 g/mol. The number of nitrogens with one attached hydrogen (secondary N) is 2. The first-order valence-corrected chi connectivity index (χ1v) is 11.5. The lowest BCUT2D eigenvalue weighted by molar-refractivity contribution is -0.194. The van der Waals surface area contributed by atoms with Gasteiger partial charge in [0.05, 0.1) is 6.04 Å². The van der Waals surface area contributed by atoms with Gasteiger partial charge in [0.1, 0.15) is 11.4 Å². The third kappa shape index (κ3) is 4.83. The molecule has 3 saturated carbocycles. The van der Waals surface area contributed by atoms with Crippen LogP contribution in [0.5, 0.6) is 0 Å². The summed E-state index contributed by atoms with van der Waals surface area (Å²) in [6, 6.07) is 3.05. The lowest BCUT2D eigenvalue weighted by Gasteiger charge is -2.56. The zero-order chi connectivity index (χ0) is 25.3. The predicted molar refractivity (Wildman–Crippen MR) is 113 cm³/mol. The first-order chi connectivity index (χ1) is 16.2. The number of guanidine groups is 1. The number of nitrogens with zero attached hydrogens (tertiary/aromatic N) is 3. The van der Waals surface area contributed by atoms with E-state index < -0.39 is 40.8 Å². The molecule has 0 amide bonds. The van der Waals surface area contributed by atoms with Crippen molar-refractivity contribution in [2.45, 2.75) is 81.2 Å². The molecule has 1 unspecified atom stereocenters. The minimum atomic E-state index is -4.68. The standard InChI is InChI=1S/C22H25F7N6/c23-19(24)6-4-12(5-7-19)22(30)34-16(14-2-1-3-15(32-14)21(27,28)29)33-17(35-22)31-13-8-18(9-13)10-20(25,26)11-18/h1-3,12-13H,4-11,30H2,(H2,31,33,34,35). The molecule has 3 fully saturated rings. The fourth-order valence-corrected chi connectivity index (χ4v) is 5.71. The smallest absolute Gasteiger partial charge is 0.319 e. The van der Waals surface area contributed by atoms with E-state index in [0.717, 1.165) is 6.07 Å². The van der Waals surface area contributed by atoms with Crippen molar-refractivity contribution in [2.24, 2.45) is 27.1 Å². The minimum absolute atomic E-state index is 0.0538. The SMILES string of the molecule is NC1(C2CCC(F)(F)CC2)N=C(c2cccc(C(F)(F)F)n2)NC(=NC2CC3(C2)CC(F)(F)C3)N1. The quantitative estimate of drug-likeness (QED) is 0.530. The number of rotatable bonds is 3. The molecule has 0 bridgehead atoms. The number of halogens is 7. The fraction of sp³-hybridized carbons (Fsp3) is 0.682. The lowest BCUT2D eigenvalue weighted by atomic mass is 9.52. The number of hydrogen-bond acceptors (Lipinski definition) is 4. The van der Waals surface area contributed by atoms with Gasteiger partial charge in [-0.1, -0.05) is 6.07 Å². The van der Waals surface area contributed by atoms with Crippen molar-refractivity contribution >= 4 is 11.8 Å². The normalized spacial score (nSPS) is 31.2. The van der Waals surface area contributed by atoms with Gasteiger partial charge in [-0.2, -0.15) is 13.2 Å². The molecule has 4 aliphatic rings. The largest absolute Gasteiger partial charge is 0.433 e. The van der Waals surface area contributed by atoms with E-state index in [0.29, 0.717) is 12.8 Å². The van der Waals surface area contributed by atoms with Gasteiger partial charge in [-0.05, 0) is 43.2 Å². The average molecular weight is 506 g/mol. The van der Waals surface area contributed by atoms with Gasteiger partial charge in [-0.15, -0.1) is 0 Å². The van der Waals surface area contributed by atoms with Crippen LogP contribution >= 0.6 is 0 Å². The second-order valence-corrected chi connectivity index (χ2v) is 10.3. The Balaban J connectivity index is 1.41. The molecule has 2 heterocycles. The van der Waals surface area contributed by atoms with Crippen LogP contribution in [-0.2, 0) is 6.18 Å². The molecule has 1 spiro atoms. The topological polar surface area (TPSA) is 87.7 Å². The first-order valence-electron chi connectivity index (χ1n) is 11.5. The summed E-state index contributed by atoms with van der Waals surface area (Å²) in [6.45, 7) is 0. The van der Waals surface area contributed by atoms with Crippen molar-refractivity contribution in [1.82, 2.24) is 15.6 Å². The van der Waals surface area contributed by atoms with Gasteiger partial charge in [0, 0.05) is 31.6 Å². The van der Waals surface area contributed by atoms with Crippen LogP contribution in [0.1, 0.15) is 62.8 Å². The maximum atomic E-state index is 13.7. The Hall–Kier alpha value is -2.44. The maximum absolute atomic E-state index is 13.7. The summed E-state index contributed by atoms with van der Waals surface area (Å²) in [4.78, 5) is 12.5. The second-order valence-electron chi connectivity index (χ2n) is 10.3. The fourth-order valence-electron chi connectivity index (χ4n) is 5.71. The number of alkyl halides is 7. The van der Waals surface area contributed by atoms with Crippen LogP contribution in [-0.4, -0.2) is 40.5 Å². The van der Waals surface area contributed by atoms with Crippen molar-refractivity contribution in [2.75, 3.05) is 0 Å². The summed E-state index contributed by atoms with van der Waals surface area (Å²) in [5.74, 6) is -7.55. The first kappa shape index (κ1) is 24.3. The van der Waals surface area contributed by atoms with E-state index in [1.54, 1.807) is 0 Å². The Morgan fingerprint density at radius 1 is 1.00 bits per heavy atom. The van der Waals surface area contributed by atoms with E-state index in [1.807, 2.05) is 0 Å². The van der Waals surface area contributed by atoms with Crippen molar-refractivity contribution in [3.8, 4) is 0 Å². The van der Waals surface area contributed by atoms with Crippen LogP contribution in [0.2, 0.25) is 0 Å². The summed E-state index contributed by atoms with van der Waals surface area (Å²) in [5.41, 5.74) is 4.83. The molecule has 35 heavy (non-hydrogen) atoms. The molecule has 4 N–H and O–H groups in total. The number of nitrogens with two attached hydrogens (primary N) is 1. The van der Waals surface area contributed by atoms with E-state index in [-0.39, 0.29) is 62.1 Å². The van der Waals surface area contributed by atoms with Crippen LogP contribution in [0, 0.1) is 11.3 Å². The Labute approximate surface area is 196 Å². The van der Waals surface area contributed by atoms with E-state index in [9.17, 15) is 30.7 Å². The molecule has 1 aromatic rings. The molecule has 192 valence electrons. The lowest BCUT2D eigenvalue weighted by Crippen LogP contribution is -2.67. The highest BCUT2D eigenvalue weighted by Gasteiger charge is 2.62. The van der Waals surface area contributed by atoms with Gasteiger partial charge in [0.15, 0.2) is 17.6 Å². The molecule has 5 rings (SSSR count).